The van der Waals surface area contributed by atoms with Crippen molar-refractivity contribution in [3.63, 3.8) is 0 Å². The number of amides is 1. The highest BCUT2D eigenvalue weighted by Crippen LogP contribution is 2.28. The predicted octanol–water partition coefficient (Wildman–Crippen LogP) is 1.25. The first-order valence-electron chi connectivity index (χ1n) is 7.39. The van der Waals surface area contributed by atoms with Gasteiger partial charge in [0.1, 0.15) is 0 Å². The first kappa shape index (κ1) is 15.2. The summed E-state index contributed by atoms with van der Waals surface area (Å²) >= 11 is 1.62. The number of carbonyl (C=O) groups is 1. The third-order valence-electron chi connectivity index (χ3n) is 3.95. The Kier molecular flexibility index (Phi) is 4.30. The van der Waals surface area contributed by atoms with Crippen LogP contribution in [0.2, 0.25) is 0 Å². The number of anilines is 1. The topological polar surface area (TPSA) is 72.3 Å². The van der Waals surface area contributed by atoms with Gasteiger partial charge < -0.3 is 15.0 Å². The van der Waals surface area contributed by atoms with Gasteiger partial charge in [-0.3, -0.25) is 4.79 Å². The highest BCUT2D eigenvalue weighted by molar-refractivity contribution is 7.22. The lowest BCUT2D eigenvalue weighted by atomic mass is 10.1. The average Bonchev–Trinajstić information content (AvgIpc) is 3.12. The minimum atomic E-state index is 0.216. The molecule has 0 aromatic carbocycles. The Hall–Kier alpha value is -1.67. The molecule has 1 fully saturated rings. The van der Waals surface area contributed by atoms with Gasteiger partial charge in [-0.15, -0.1) is 0 Å². The SMILES string of the molecule is COCCN1C[C@@H](CNc2nc3c(s2)c(C)nn3C)CC1=O. The molecular weight excluding hydrogens is 302 g/mol. The molecule has 1 amide bonds. The largest absolute Gasteiger partial charge is 0.383 e. The van der Waals surface area contributed by atoms with E-state index in [-0.39, 0.29) is 5.91 Å². The second-order valence-electron chi connectivity index (χ2n) is 5.66. The molecule has 7 nitrogen and oxygen atoms in total. The fraction of sp³-hybridized carbons (Fsp3) is 0.643. The van der Waals surface area contributed by atoms with E-state index in [9.17, 15) is 4.79 Å². The Labute approximate surface area is 133 Å². The third-order valence-corrected chi connectivity index (χ3v) is 5.06. The Balaban J connectivity index is 1.58. The van der Waals surface area contributed by atoms with Crippen molar-refractivity contribution in [2.75, 3.05) is 38.7 Å². The first-order chi connectivity index (χ1) is 10.6. The van der Waals surface area contributed by atoms with Crippen LogP contribution in [0.5, 0.6) is 0 Å². The molecule has 8 heteroatoms. The molecular formula is C14H21N5O2S. The van der Waals surface area contributed by atoms with Gasteiger partial charge in [0.25, 0.3) is 0 Å². The van der Waals surface area contributed by atoms with E-state index in [0.29, 0.717) is 25.5 Å². The van der Waals surface area contributed by atoms with Gasteiger partial charge in [0.05, 0.1) is 17.0 Å². The number of aromatic nitrogens is 3. The summed E-state index contributed by atoms with van der Waals surface area (Å²) < 4.78 is 7.96. The van der Waals surface area contributed by atoms with Crippen LogP contribution in [0.4, 0.5) is 5.13 Å². The maximum absolute atomic E-state index is 11.9. The van der Waals surface area contributed by atoms with Crippen LogP contribution in [0, 0.1) is 12.8 Å². The van der Waals surface area contributed by atoms with E-state index in [1.165, 1.54) is 0 Å². The Morgan fingerprint density at radius 1 is 1.50 bits per heavy atom. The molecule has 0 saturated carbocycles. The summed E-state index contributed by atoms with van der Waals surface area (Å²) in [6, 6.07) is 0. The van der Waals surface area contributed by atoms with E-state index in [4.69, 9.17) is 4.74 Å². The van der Waals surface area contributed by atoms with Crippen molar-refractivity contribution >= 4 is 32.7 Å². The number of fused-ring (bicyclic) bond motifs is 1. The summed E-state index contributed by atoms with van der Waals surface area (Å²) in [6.07, 6.45) is 0.599. The zero-order valence-corrected chi connectivity index (χ0v) is 13.9. The molecule has 120 valence electrons. The molecule has 0 unspecified atom stereocenters. The zero-order valence-electron chi connectivity index (χ0n) is 13.1. The Morgan fingerprint density at radius 3 is 3.05 bits per heavy atom. The Morgan fingerprint density at radius 2 is 2.32 bits per heavy atom. The van der Waals surface area contributed by atoms with Gasteiger partial charge in [0.2, 0.25) is 5.91 Å². The van der Waals surface area contributed by atoms with Crippen LogP contribution in [-0.4, -0.2) is 58.9 Å². The van der Waals surface area contributed by atoms with Crippen LogP contribution >= 0.6 is 11.3 Å². The quantitative estimate of drug-likeness (QED) is 0.866. The van der Waals surface area contributed by atoms with Crippen molar-refractivity contribution in [1.29, 1.82) is 0 Å². The average molecular weight is 323 g/mol. The van der Waals surface area contributed by atoms with Gasteiger partial charge in [-0.25, -0.2) is 9.67 Å². The van der Waals surface area contributed by atoms with Crippen LogP contribution in [0.1, 0.15) is 12.1 Å². The standard InChI is InChI=1S/C14H21N5O2S/c1-9-12-13(18(2)17-9)16-14(22-12)15-7-10-6-11(20)19(8-10)4-5-21-3/h10H,4-8H2,1-3H3,(H,15,16)/t10-/m1/s1. The van der Waals surface area contributed by atoms with Crippen LogP contribution in [0.3, 0.4) is 0 Å². The number of rotatable bonds is 6. The van der Waals surface area contributed by atoms with Gasteiger partial charge in [0.15, 0.2) is 10.8 Å². The highest BCUT2D eigenvalue weighted by atomic mass is 32.1. The van der Waals surface area contributed by atoms with Crippen molar-refractivity contribution in [3.8, 4) is 0 Å². The van der Waals surface area contributed by atoms with Gasteiger partial charge in [-0.1, -0.05) is 11.3 Å². The number of carbonyl (C=O) groups excluding carboxylic acids is 1. The number of nitrogens with one attached hydrogen (secondary N) is 1. The van der Waals surface area contributed by atoms with Gasteiger partial charge >= 0.3 is 0 Å². The normalized spacial score (nSPS) is 18.6. The van der Waals surface area contributed by atoms with E-state index in [0.717, 1.165) is 34.3 Å². The van der Waals surface area contributed by atoms with Crippen LogP contribution in [0.15, 0.2) is 0 Å². The molecule has 0 radical (unpaired) electrons. The molecule has 1 atom stereocenters. The number of aryl methyl sites for hydroxylation is 2. The van der Waals surface area contributed by atoms with Crippen molar-refractivity contribution in [1.82, 2.24) is 19.7 Å². The second-order valence-corrected chi connectivity index (χ2v) is 6.66. The summed E-state index contributed by atoms with van der Waals surface area (Å²) in [7, 11) is 3.56. The minimum absolute atomic E-state index is 0.216. The van der Waals surface area contributed by atoms with Crippen LogP contribution < -0.4 is 5.32 Å². The molecule has 2 aromatic rings. The minimum Gasteiger partial charge on any atom is -0.383 e. The highest BCUT2D eigenvalue weighted by Gasteiger charge is 2.29. The molecule has 0 bridgehead atoms. The molecule has 22 heavy (non-hydrogen) atoms. The summed E-state index contributed by atoms with van der Waals surface area (Å²) in [5.74, 6) is 0.545. The van der Waals surface area contributed by atoms with Crippen LogP contribution in [0.25, 0.3) is 10.3 Å². The Bertz CT molecular complexity index is 646. The summed E-state index contributed by atoms with van der Waals surface area (Å²) in [5, 5.41) is 8.62. The van der Waals surface area contributed by atoms with Crippen molar-refractivity contribution < 1.29 is 9.53 Å². The van der Waals surface area contributed by atoms with Gasteiger partial charge in [0, 0.05) is 46.1 Å². The molecule has 1 aliphatic rings. The predicted molar refractivity (Wildman–Crippen MR) is 86.2 cm³/mol. The van der Waals surface area contributed by atoms with Crippen molar-refractivity contribution in [2.45, 2.75) is 13.3 Å². The molecule has 1 saturated heterocycles. The lowest BCUT2D eigenvalue weighted by molar-refractivity contribution is -0.128. The number of ether oxygens (including phenoxy) is 1. The fourth-order valence-electron chi connectivity index (χ4n) is 2.80. The number of hydrogen-bond acceptors (Lipinski definition) is 6. The maximum atomic E-state index is 11.9. The smallest absolute Gasteiger partial charge is 0.223 e. The van der Waals surface area contributed by atoms with E-state index in [2.05, 4.69) is 15.4 Å². The molecule has 2 aromatic heterocycles. The lowest BCUT2D eigenvalue weighted by Gasteiger charge is -2.15. The summed E-state index contributed by atoms with van der Waals surface area (Å²) in [5.41, 5.74) is 1.92. The fourth-order valence-corrected chi connectivity index (χ4v) is 3.74. The van der Waals surface area contributed by atoms with Gasteiger partial charge in [-0.05, 0) is 6.92 Å². The number of nitrogens with zero attached hydrogens (tertiary/aromatic N) is 4. The number of methoxy groups -OCH3 is 1. The number of thiazole rings is 1. The lowest BCUT2D eigenvalue weighted by Crippen LogP contribution is -2.29. The van der Waals surface area contributed by atoms with Crippen molar-refractivity contribution in [2.24, 2.45) is 13.0 Å². The van der Waals surface area contributed by atoms with E-state index in [1.807, 2.05) is 18.9 Å². The molecule has 0 spiro atoms. The summed E-state index contributed by atoms with van der Waals surface area (Å²) in [4.78, 5) is 18.4. The molecule has 0 aliphatic carbocycles. The zero-order chi connectivity index (χ0) is 15.7. The van der Waals surface area contributed by atoms with Crippen molar-refractivity contribution in [3.05, 3.63) is 5.69 Å². The monoisotopic (exact) mass is 323 g/mol. The first-order valence-corrected chi connectivity index (χ1v) is 8.21. The molecule has 1 aliphatic heterocycles. The third kappa shape index (κ3) is 2.93. The van der Waals surface area contributed by atoms with E-state index >= 15 is 0 Å². The number of hydrogen-bond donors (Lipinski definition) is 1. The van der Waals surface area contributed by atoms with Gasteiger partial charge in [-0.2, -0.15) is 5.10 Å². The van der Waals surface area contributed by atoms with E-state index < -0.39 is 0 Å². The van der Waals surface area contributed by atoms with E-state index in [1.54, 1.807) is 23.1 Å². The van der Waals surface area contributed by atoms with Crippen LogP contribution in [-0.2, 0) is 16.6 Å². The number of likely N-dealkylation sites (tertiary alicyclic amines) is 1. The maximum Gasteiger partial charge on any atom is 0.223 e. The summed E-state index contributed by atoms with van der Waals surface area (Å²) in [6.45, 7) is 4.82. The molecule has 3 rings (SSSR count). The molecule has 3 heterocycles. The molecule has 1 N–H and O–H groups in total. The second kappa shape index (κ2) is 6.21.